The summed E-state index contributed by atoms with van der Waals surface area (Å²) < 4.78 is 13.6. The Morgan fingerprint density at radius 2 is 2.19 bits per heavy atom. The molecular formula is C17H20FN3. The largest absolute Gasteiger partial charge is 0.366 e. The first-order valence-electron chi connectivity index (χ1n) is 7.47. The van der Waals surface area contributed by atoms with Crippen LogP contribution in [0.3, 0.4) is 0 Å². The average Bonchev–Trinajstić information content (AvgIpc) is 2.55. The topological polar surface area (TPSA) is 37.0 Å². The SMILES string of the molecule is Fc1ccccc1CNc1cc(C2CCCNC2)ccn1. The Hall–Kier alpha value is -1.94. The Kier molecular flexibility index (Phi) is 4.46. The van der Waals surface area contributed by atoms with Crippen LogP contribution in [-0.2, 0) is 6.54 Å². The highest BCUT2D eigenvalue weighted by atomic mass is 19.1. The monoisotopic (exact) mass is 285 g/mol. The number of pyridine rings is 1. The maximum absolute atomic E-state index is 13.6. The molecule has 1 aromatic heterocycles. The minimum absolute atomic E-state index is 0.183. The first-order valence-corrected chi connectivity index (χ1v) is 7.47. The lowest BCUT2D eigenvalue weighted by atomic mass is 9.92. The van der Waals surface area contributed by atoms with Crippen molar-refractivity contribution in [3.63, 3.8) is 0 Å². The van der Waals surface area contributed by atoms with Crippen LogP contribution in [0.1, 0.15) is 29.9 Å². The summed E-state index contributed by atoms with van der Waals surface area (Å²) in [7, 11) is 0. The fourth-order valence-electron chi connectivity index (χ4n) is 2.76. The molecule has 0 bridgehead atoms. The number of piperidine rings is 1. The first-order chi connectivity index (χ1) is 10.3. The number of halogens is 1. The third-order valence-electron chi connectivity index (χ3n) is 3.97. The molecule has 1 saturated heterocycles. The van der Waals surface area contributed by atoms with Crippen molar-refractivity contribution in [3.8, 4) is 0 Å². The molecule has 2 aromatic rings. The van der Waals surface area contributed by atoms with Crippen molar-refractivity contribution in [2.75, 3.05) is 18.4 Å². The van der Waals surface area contributed by atoms with Gasteiger partial charge in [-0.2, -0.15) is 0 Å². The Labute approximate surface area is 124 Å². The van der Waals surface area contributed by atoms with Crippen LogP contribution in [0, 0.1) is 5.82 Å². The van der Waals surface area contributed by atoms with E-state index in [1.165, 1.54) is 24.5 Å². The van der Waals surface area contributed by atoms with Gasteiger partial charge < -0.3 is 10.6 Å². The Bertz CT molecular complexity index is 594. The molecular weight excluding hydrogens is 265 g/mol. The van der Waals surface area contributed by atoms with Gasteiger partial charge >= 0.3 is 0 Å². The lowest BCUT2D eigenvalue weighted by Gasteiger charge is -2.23. The number of nitrogens with zero attached hydrogens (tertiary/aromatic N) is 1. The molecule has 4 heteroatoms. The van der Waals surface area contributed by atoms with Gasteiger partial charge in [0.1, 0.15) is 11.6 Å². The summed E-state index contributed by atoms with van der Waals surface area (Å²) >= 11 is 0. The van der Waals surface area contributed by atoms with Crippen molar-refractivity contribution in [2.24, 2.45) is 0 Å². The summed E-state index contributed by atoms with van der Waals surface area (Å²) in [6.45, 7) is 2.59. The van der Waals surface area contributed by atoms with Gasteiger partial charge in [0.05, 0.1) is 0 Å². The van der Waals surface area contributed by atoms with Crippen molar-refractivity contribution in [2.45, 2.75) is 25.3 Å². The molecule has 2 N–H and O–H groups in total. The highest BCUT2D eigenvalue weighted by molar-refractivity contribution is 5.40. The lowest BCUT2D eigenvalue weighted by molar-refractivity contribution is 0.461. The molecule has 3 nitrogen and oxygen atoms in total. The molecule has 0 aliphatic carbocycles. The van der Waals surface area contributed by atoms with E-state index in [-0.39, 0.29) is 5.82 Å². The van der Waals surface area contributed by atoms with Gasteiger partial charge in [-0.3, -0.25) is 0 Å². The van der Waals surface area contributed by atoms with Crippen LogP contribution in [0.25, 0.3) is 0 Å². The summed E-state index contributed by atoms with van der Waals surface area (Å²) in [4.78, 5) is 4.32. The van der Waals surface area contributed by atoms with Crippen molar-refractivity contribution in [1.29, 1.82) is 0 Å². The van der Waals surface area contributed by atoms with E-state index in [1.807, 2.05) is 12.3 Å². The highest BCUT2D eigenvalue weighted by Gasteiger charge is 2.15. The van der Waals surface area contributed by atoms with Crippen LogP contribution in [-0.4, -0.2) is 18.1 Å². The van der Waals surface area contributed by atoms with Gasteiger partial charge in [-0.1, -0.05) is 18.2 Å². The number of hydrogen-bond acceptors (Lipinski definition) is 3. The maximum Gasteiger partial charge on any atom is 0.128 e. The van der Waals surface area contributed by atoms with Gasteiger partial charge in [0.2, 0.25) is 0 Å². The summed E-state index contributed by atoms with van der Waals surface area (Å²) in [5.74, 6) is 1.18. The molecule has 1 atom stereocenters. The fourth-order valence-corrected chi connectivity index (χ4v) is 2.76. The zero-order valence-electron chi connectivity index (χ0n) is 12.0. The molecule has 21 heavy (non-hydrogen) atoms. The Morgan fingerprint density at radius 3 is 3.00 bits per heavy atom. The molecule has 1 aromatic carbocycles. The summed E-state index contributed by atoms with van der Waals surface area (Å²) in [5.41, 5.74) is 1.96. The third kappa shape index (κ3) is 3.58. The minimum atomic E-state index is -0.183. The van der Waals surface area contributed by atoms with E-state index < -0.39 is 0 Å². The van der Waals surface area contributed by atoms with E-state index in [9.17, 15) is 4.39 Å². The van der Waals surface area contributed by atoms with E-state index in [1.54, 1.807) is 12.1 Å². The molecule has 2 heterocycles. The van der Waals surface area contributed by atoms with E-state index in [0.717, 1.165) is 18.9 Å². The minimum Gasteiger partial charge on any atom is -0.366 e. The first kappa shape index (κ1) is 14.0. The standard InChI is InChI=1S/C17H20FN3/c18-16-6-2-1-4-15(16)12-21-17-10-13(7-9-20-17)14-5-3-8-19-11-14/h1-2,4,6-7,9-10,14,19H,3,5,8,11-12H2,(H,20,21). The number of aromatic nitrogens is 1. The van der Waals surface area contributed by atoms with Crippen molar-refractivity contribution in [1.82, 2.24) is 10.3 Å². The zero-order chi connectivity index (χ0) is 14.5. The van der Waals surface area contributed by atoms with Gasteiger partial charge in [-0.25, -0.2) is 9.37 Å². The van der Waals surface area contributed by atoms with Gasteiger partial charge in [-0.15, -0.1) is 0 Å². The van der Waals surface area contributed by atoms with E-state index >= 15 is 0 Å². The van der Waals surface area contributed by atoms with Gasteiger partial charge in [0.25, 0.3) is 0 Å². The molecule has 1 aliphatic heterocycles. The molecule has 3 rings (SSSR count). The summed E-state index contributed by atoms with van der Waals surface area (Å²) in [6, 6.07) is 11.0. The number of benzene rings is 1. The Balaban J connectivity index is 1.67. The maximum atomic E-state index is 13.6. The molecule has 0 saturated carbocycles. The number of rotatable bonds is 4. The number of nitrogens with one attached hydrogen (secondary N) is 2. The highest BCUT2D eigenvalue weighted by Crippen LogP contribution is 2.24. The average molecular weight is 285 g/mol. The summed E-state index contributed by atoms with van der Waals surface area (Å²) in [6.07, 6.45) is 4.25. The van der Waals surface area contributed by atoms with Crippen molar-refractivity contribution >= 4 is 5.82 Å². The van der Waals surface area contributed by atoms with Crippen molar-refractivity contribution < 1.29 is 4.39 Å². The predicted octanol–water partition coefficient (Wildman–Crippen LogP) is 3.30. The van der Waals surface area contributed by atoms with E-state index in [2.05, 4.69) is 27.8 Å². The molecule has 110 valence electrons. The number of anilines is 1. The zero-order valence-corrected chi connectivity index (χ0v) is 12.0. The molecule has 1 aliphatic rings. The molecule has 1 unspecified atom stereocenters. The fraction of sp³-hybridized carbons (Fsp3) is 0.353. The Morgan fingerprint density at radius 1 is 1.29 bits per heavy atom. The van der Waals surface area contributed by atoms with Crippen LogP contribution in [0.15, 0.2) is 42.6 Å². The summed E-state index contributed by atoms with van der Waals surface area (Å²) in [5, 5.41) is 6.64. The second-order valence-electron chi connectivity index (χ2n) is 5.46. The van der Waals surface area contributed by atoms with Crippen LogP contribution in [0.5, 0.6) is 0 Å². The van der Waals surface area contributed by atoms with Gasteiger partial charge in [-0.05, 0) is 49.1 Å². The van der Waals surface area contributed by atoms with Gasteiger partial charge in [0.15, 0.2) is 0 Å². The second-order valence-corrected chi connectivity index (χ2v) is 5.46. The van der Waals surface area contributed by atoms with Gasteiger partial charge in [0, 0.05) is 24.8 Å². The molecule has 0 spiro atoms. The van der Waals surface area contributed by atoms with Crippen LogP contribution >= 0.6 is 0 Å². The van der Waals surface area contributed by atoms with E-state index in [4.69, 9.17) is 0 Å². The normalized spacial score (nSPS) is 18.4. The third-order valence-corrected chi connectivity index (χ3v) is 3.97. The number of hydrogen-bond donors (Lipinski definition) is 2. The smallest absolute Gasteiger partial charge is 0.128 e. The lowest BCUT2D eigenvalue weighted by Crippen LogP contribution is -2.28. The quantitative estimate of drug-likeness (QED) is 0.905. The molecule has 0 amide bonds. The van der Waals surface area contributed by atoms with Crippen LogP contribution in [0.4, 0.5) is 10.2 Å². The van der Waals surface area contributed by atoms with Crippen molar-refractivity contribution in [3.05, 3.63) is 59.5 Å². The molecule has 0 radical (unpaired) electrons. The molecule has 1 fully saturated rings. The second kappa shape index (κ2) is 6.68. The van der Waals surface area contributed by atoms with Crippen LogP contribution < -0.4 is 10.6 Å². The van der Waals surface area contributed by atoms with Crippen LogP contribution in [0.2, 0.25) is 0 Å². The predicted molar refractivity (Wildman–Crippen MR) is 82.8 cm³/mol. The van der Waals surface area contributed by atoms with E-state index in [0.29, 0.717) is 18.0 Å².